The maximum absolute atomic E-state index is 12.5. The number of para-hydroxylation sites is 2. The number of likely N-dealkylation sites (N-methyl/N-ethyl adjacent to an activating group) is 1. The van der Waals surface area contributed by atoms with Crippen LogP contribution in [0.5, 0.6) is 0 Å². The van der Waals surface area contributed by atoms with Crippen LogP contribution in [0.2, 0.25) is 0 Å². The minimum absolute atomic E-state index is 0.00487. The first kappa shape index (κ1) is 15.9. The van der Waals surface area contributed by atoms with Gasteiger partial charge in [-0.3, -0.25) is 14.2 Å². The van der Waals surface area contributed by atoms with Crippen molar-refractivity contribution in [3.05, 3.63) is 61.6 Å². The zero-order valence-corrected chi connectivity index (χ0v) is 14.8. The molecule has 2 heterocycles. The standard InChI is InChI=1S/C16H14BrN3O2S/c1-19(9-11-6-7-14(17)23-11)16(22)10-20-13-5-3-2-4-12(13)18-8-15(20)21/h2-8H,9-10H2,1H3. The molecule has 0 spiro atoms. The van der Waals surface area contributed by atoms with E-state index >= 15 is 0 Å². The Morgan fingerprint density at radius 2 is 2.09 bits per heavy atom. The van der Waals surface area contributed by atoms with Gasteiger partial charge in [-0.2, -0.15) is 0 Å². The molecule has 0 saturated carbocycles. The summed E-state index contributed by atoms with van der Waals surface area (Å²) < 4.78 is 2.50. The molecule has 0 aliphatic rings. The van der Waals surface area contributed by atoms with Crippen LogP contribution in [0, 0.1) is 0 Å². The second-order valence-electron chi connectivity index (χ2n) is 5.13. The minimum Gasteiger partial charge on any atom is -0.339 e. The van der Waals surface area contributed by atoms with Gasteiger partial charge in [0, 0.05) is 11.9 Å². The fraction of sp³-hybridized carbons (Fsp3) is 0.188. The van der Waals surface area contributed by atoms with Crippen molar-refractivity contribution in [2.24, 2.45) is 0 Å². The highest BCUT2D eigenvalue weighted by Crippen LogP contribution is 2.23. The topological polar surface area (TPSA) is 55.2 Å². The third kappa shape index (κ3) is 3.51. The van der Waals surface area contributed by atoms with Crippen LogP contribution in [0.25, 0.3) is 11.0 Å². The van der Waals surface area contributed by atoms with Gasteiger partial charge in [-0.25, -0.2) is 4.98 Å². The number of hydrogen-bond acceptors (Lipinski definition) is 4. The highest BCUT2D eigenvalue weighted by Gasteiger charge is 2.14. The van der Waals surface area contributed by atoms with Gasteiger partial charge in [0.25, 0.3) is 5.56 Å². The Morgan fingerprint density at radius 1 is 1.30 bits per heavy atom. The van der Waals surface area contributed by atoms with Gasteiger partial charge in [0.2, 0.25) is 5.91 Å². The van der Waals surface area contributed by atoms with Gasteiger partial charge >= 0.3 is 0 Å². The number of halogens is 1. The highest BCUT2D eigenvalue weighted by atomic mass is 79.9. The number of fused-ring (bicyclic) bond motifs is 1. The summed E-state index contributed by atoms with van der Waals surface area (Å²) in [5.74, 6) is -0.118. The quantitative estimate of drug-likeness (QED) is 0.686. The van der Waals surface area contributed by atoms with Crippen LogP contribution in [0.3, 0.4) is 0 Å². The second-order valence-corrected chi connectivity index (χ2v) is 7.67. The number of aromatic nitrogens is 2. The molecule has 0 radical (unpaired) electrons. The normalized spacial score (nSPS) is 10.9. The molecule has 0 saturated heterocycles. The summed E-state index contributed by atoms with van der Waals surface area (Å²) in [5, 5.41) is 0. The summed E-state index contributed by atoms with van der Waals surface area (Å²) in [5.41, 5.74) is 1.09. The predicted molar refractivity (Wildman–Crippen MR) is 94.5 cm³/mol. The van der Waals surface area contributed by atoms with Crippen LogP contribution in [0.1, 0.15) is 4.88 Å². The third-order valence-electron chi connectivity index (χ3n) is 3.49. The molecule has 3 rings (SSSR count). The van der Waals surface area contributed by atoms with Crippen LogP contribution >= 0.6 is 27.3 Å². The van der Waals surface area contributed by atoms with E-state index in [1.807, 2.05) is 30.3 Å². The lowest BCUT2D eigenvalue weighted by atomic mass is 10.3. The number of carbonyl (C=O) groups excluding carboxylic acids is 1. The minimum atomic E-state index is -0.274. The molecule has 0 bridgehead atoms. The Kier molecular flexibility index (Phi) is 4.58. The molecular formula is C16H14BrN3O2S. The fourth-order valence-electron chi connectivity index (χ4n) is 2.29. The van der Waals surface area contributed by atoms with Crippen LogP contribution < -0.4 is 5.56 Å². The summed E-state index contributed by atoms with van der Waals surface area (Å²) >= 11 is 5.00. The van der Waals surface area contributed by atoms with Crippen molar-refractivity contribution >= 4 is 44.2 Å². The average Bonchev–Trinajstić information content (AvgIpc) is 2.95. The SMILES string of the molecule is CN(Cc1ccc(Br)s1)C(=O)Cn1c(=O)cnc2ccccc21. The third-order valence-corrected chi connectivity index (χ3v) is 5.10. The van der Waals surface area contributed by atoms with Crippen LogP contribution in [0.4, 0.5) is 0 Å². The zero-order valence-electron chi connectivity index (χ0n) is 12.4. The predicted octanol–water partition coefficient (Wildman–Crippen LogP) is 2.88. The van der Waals surface area contributed by atoms with Gasteiger partial charge in [-0.15, -0.1) is 11.3 Å². The van der Waals surface area contributed by atoms with E-state index in [1.54, 1.807) is 29.4 Å². The number of hydrogen-bond donors (Lipinski definition) is 0. The van der Waals surface area contributed by atoms with E-state index in [4.69, 9.17) is 0 Å². The lowest BCUT2D eigenvalue weighted by molar-refractivity contribution is -0.131. The Bertz CT molecular complexity index is 919. The molecule has 23 heavy (non-hydrogen) atoms. The second kappa shape index (κ2) is 6.64. The molecule has 0 fully saturated rings. The van der Waals surface area contributed by atoms with Crippen molar-refractivity contribution in [3.63, 3.8) is 0 Å². The molecule has 0 atom stereocenters. The fourth-order valence-corrected chi connectivity index (χ4v) is 3.83. The first-order valence-corrected chi connectivity index (χ1v) is 8.58. The number of benzene rings is 1. The lowest BCUT2D eigenvalue weighted by Crippen LogP contribution is -2.33. The molecular weight excluding hydrogens is 378 g/mol. The summed E-state index contributed by atoms with van der Waals surface area (Å²) in [4.78, 5) is 31.3. The highest BCUT2D eigenvalue weighted by molar-refractivity contribution is 9.11. The number of rotatable bonds is 4. The van der Waals surface area contributed by atoms with Crippen LogP contribution in [-0.4, -0.2) is 27.4 Å². The molecule has 1 amide bonds. The van der Waals surface area contributed by atoms with E-state index < -0.39 is 0 Å². The Hall–Kier alpha value is -1.99. The molecule has 1 aromatic carbocycles. The lowest BCUT2D eigenvalue weighted by Gasteiger charge is -2.17. The van der Waals surface area contributed by atoms with Crippen molar-refractivity contribution < 1.29 is 4.79 Å². The largest absolute Gasteiger partial charge is 0.339 e. The Morgan fingerprint density at radius 3 is 2.83 bits per heavy atom. The number of nitrogens with zero attached hydrogens (tertiary/aromatic N) is 3. The monoisotopic (exact) mass is 391 g/mol. The van der Waals surface area contributed by atoms with Gasteiger partial charge in [-0.05, 0) is 40.2 Å². The average molecular weight is 392 g/mol. The van der Waals surface area contributed by atoms with Gasteiger partial charge < -0.3 is 4.90 Å². The van der Waals surface area contributed by atoms with E-state index in [1.165, 1.54) is 10.8 Å². The molecule has 5 nitrogen and oxygen atoms in total. The van der Waals surface area contributed by atoms with Crippen molar-refractivity contribution in [1.29, 1.82) is 0 Å². The van der Waals surface area contributed by atoms with Gasteiger partial charge in [-0.1, -0.05) is 12.1 Å². The molecule has 7 heteroatoms. The van der Waals surface area contributed by atoms with Crippen molar-refractivity contribution in [2.45, 2.75) is 13.1 Å². The van der Waals surface area contributed by atoms with Gasteiger partial charge in [0.05, 0.1) is 27.6 Å². The maximum atomic E-state index is 12.5. The summed E-state index contributed by atoms with van der Waals surface area (Å²) in [6, 6.07) is 11.2. The Balaban J connectivity index is 1.82. The molecule has 0 aliphatic heterocycles. The van der Waals surface area contributed by atoms with Crippen LogP contribution in [-0.2, 0) is 17.9 Å². The van der Waals surface area contributed by atoms with Crippen molar-refractivity contribution in [2.75, 3.05) is 7.05 Å². The van der Waals surface area contributed by atoms with E-state index in [0.717, 1.165) is 8.66 Å². The van der Waals surface area contributed by atoms with Gasteiger partial charge in [0.15, 0.2) is 0 Å². The summed E-state index contributed by atoms with van der Waals surface area (Å²) in [7, 11) is 1.74. The van der Waals surface area contributed by atoms with E-state index in [0.29, 0.717) is 17.6 Å². The smallest absolute Gasteiger partial charge is 0.269 e. The first-order valence-electron chi connectivity index (χ1n) is 6.97. The molecule has 118 valence electrons. The van der Waals surface area contributed by atoms with E-state index in [9.17, 15) is 9.59 Å². The summed E-state index contributed by atoms with van der Waals surface area (Å²) in [6.07, 6.45) is 1.26. The number of carbonyl (C=O) groups is 1. The Labute approximate surface area is 145 Å². The van der Waals surface area contributed by atoms with Gasteiger partial charge in [0.1, 0.15) is 6.54 Å². The number of thiophene rings is 1. The summed E-state index contributed by atoms with van der Waals surface area (Å²) in [6.45, 7) is 0.526. The molecule has 0 aliphatic carbocycles. The van der Waals surface area contributed by atoms with E-state index in [-0.39, 0.29) is 18.0 Å². The maximum Gasteiger partial charge on any atom is 0.269 e. The molecule has 3 aromatic rings. The molecule has 0 unspecified atom stereocenters. The van der Waals surface area contributed by atoms with Crippen molar-refractivity contribution in [3.8, 4) is 0 Å². The molecule has 0 N–H and O–H groups in total. The van der Waals surface area contributed by atoms with E-state index in [2.05, 4.69) is 20.9 Å². The zero-order chi connectivity index (χ0) is 16.4. The first-order chi connectivity index (χ1) is 11.0. The van der Waals surface area contributed by atoms with Crippen LogP contribution in [0.15, 0.2) is 51.2 Å². The van der Waals surface area contributed by atoms with Crippen molar-refractivity contribution in [1.82, 2.24) is 14.5 Å². The number of amides is 1. The molecule has 2 aromatic heterocycles.